The van der Waals surface area contributed by atoms with Gasteiger partial charge in [-0.25, -0.2) is 4.39 Å². The quantitative estimate of drug-likeness (QED) is 0.658. The van der Waals surface area contributed by atoms with Crippen molar-refractivity contribution in [3.8, 4) is 0 Å². The summed E-state index contributed by atoms with van der Waals surface area (Å²) in [5.41, 5.74) is 0. The Labute approximate surface area is 59.4 Å². The first-order valence-electron chi connectivity index (χ1n) is 3.15. The van der Waals surface area contributed by atoms with E-state index in [-0.39, 0.29) is 12.3 Å². The van der Waals surface area contributed by atoms with E-state index in [0.717, 1.165) is 0 Å². The third-order valence-corrected chi connectivity index (χ3v) is 1.21. The zero-order valence-electron chi connectivity index (χ0n) is 5.88. The van der Waals surface area contributed by atoms with E-state index in [1.807, 2.05) is 0 Å². The number of carboxylic acid groups (broad SMARTS) is 1. The van der Waals surface area contributed by atoms with Crippen molar-refractivity contribution >= 4 is 5.97 Å². The molecule has 3 heteroatoms. The van der Waals surface area contributed by atoms with Gasteiger partial charge < -0.3 is 5.11 Å². The molecule has 0 aromatic rings. The first kappa shape index (κ1) is 9.14. The van der Waals surface area contributed by atoms with Crippen molar-refractivity contribution in [2.24, 2.45) is 5.92 Å². The van der Waals surface area contributed by atoms with Crippen LogP contribution in [0.25, 0.3) is 0 Å². The minimum Gasteiger partial charge on any atom is -0.481 e. The molecule has 1 atom stereocenters. The summed E-state index contributed by atoms with van der Waals surface area (Å²) in [5.74, 6) is -0.819. The predicted octanol–water partition coefficient (Wildman–Crippen LogP) is 1.97. The molecule has 10 heavy (non-hydrogen) atoms. The van der Waals surface area contributed by atoms with Crippen LogP contribution in [-0.2, 0) is 4.79 Å². The van der Waals surface area contributed by atoms with Crippen molar-refractivity contribution < 1.29 is 14.3 Å². The van der Waals surface area contributed by atoms with E-state index in [1.54, 1.807) is 6.92 Å². The predicted molar refractivity (Wildman–Crippen MR) is 36.3 cm³/mol. The summed E-state index contributed by atoms with van der Waals surface area (Å²) in [6.45, 7) is 1.78. The van der Waals surface area contributed by atoms with Crippen LogP contribution in [0, 0.1) is 5.92 Å². The summed E-state index contributed by atoms with van der Waals surface area (Å²) in [6.07, 6.45) is 2.40. The summed E-state index contributed by atoms with van der Waals surface area (Å²) in [6, 6.07) is 0. The molecule has 0 rings (SSSR count). The largest absolute Gasteiger partial charge is 0.481 e. The zero-order chi connectivity index (χ0) is 7.98. The first-order valence-corrected chi connectivity index (χ1v) is 3.15. The number of hydrogen-bond donors (Lipinski definition) is 1. The van der Waals surface area contributed by atoms with Gasteiger partial charge in [0.25, 0.3) is 0 Å². The fourth-order valence-corrected chi connectivity index (χ4v) is 0.572. The van der Waals surface area contributed by atoms with E-state index in [2.05, 4.69) is 0 Å². The number of carbonyl (C=O) groups is 1. The molecule has 58 valence electrons. The molecule has 0 aromatic heterocycles. The van der Waals surface area contributed by atoms with E-state index >= 15 is 0 Å². The normalized spacial score (nSPS) is 13.8. The Morgan fingerprint density at radius 2 is 2.40 bits per heavy atom. The van der Waals surface area contributed by atoms with Crippen LogP contribution in [0.2, 0.25) is 0 Å². The van der Waals surface area contributed by atoms with Gasteiger partial charge in [0.1, 0.15) is 0 Å². The van der Waals surface area contributed by atoms with Crippen molar-refractivity contribution in [1.29, 1.82) is 0 Å². The smallest absolute Gasteiger partial charge is 0.303 e. The van der Waals surface area contributed by atoms with E-state index in [4.69, 9.17) is 5.11 Å². The van der Waals surface area contributed by atoms with Gasteiger partial charge in [0.2, 0.25) is 0 Å². The fraction of sp³-hybridized carbons (Fsp3) is 0.571. The molecule has 0 fully saturated rings. The number of rotatable bonds is 4. The van der Waals surface area contributed by atoms with Crippen LogP contribution in [0.3, 0.4) is 0 Å². The van der Waals surface area contributed by atoms with Crippen LogP contribution < -0.4 is 0 Å². The molecule has 0 aliphatic rings. The van der Waals surface area contributed by atoms with Gasteiger partial charge in [0, 0.05) is 6.42 Å². The molecule has 0 aromatic carbocycles. The minimum absolute atomic E-state index is 0.0149. The van der Waals surface area contributed by atoms with Crippen molar-refractivity contribution in [1.82, 2.24) is 0 Å². The molecule has 0 saturated carbocycles. The Hall–Kier alpha value is -0.860. The van der Waals surface area contributed by atoms with Gasteiger partial charge in [-0.15, -0.1) is 0 Å². The highest BCUT2D eigenvalue weighted by molar-refractivity contribution is 5.66. The first-order chi connectivity index (χ1) is 4.66. The monoisotopic (exact) mass is 146 g/mol. The average Bonchev–Trinajstić information content (AvgIpc) is 1.85. The summed E-state index contributed by atoms with van der Waals surface area (Å²) in [7, 11) is 0. The summed E-state index contributed by atoms with van der Waals surface area (Å²) in [5, 5.41) is 8.21. The number of halogens is 1. The van der Waals surface area contributed by atoms with Gasteiger partial charge in [0.15, 0.2) is 0 Å². The van der Waals surface area contributed by atoms with Crippen LogP contribution in [0.15, 0.2) is 12.4 Å². The maximum Gasteiger partial charge on any atom is 0.303 e. The van der Waals surface area contributed by atoms with E-state index in [1.165, 1.54) is 6.08 Å². The highest BCUT2D eigenvalue weighted by Crippen LogP contribution is 2.06. The number of hydrogen-bond acceptors (Lipinski definition) is 1. The van der Waals surface area contributed by atoms with Gasteiger partial charge in [-0.1, -0.05) is 13.0 Å². The fourth-order valence-electron chi connectivity index (χ4n) is 0.572. The van der Waals surface area contributed by atoms with Crippen molar-refractivity contribution in [3.63, 3.8) is 0 Å². The molecular weight excluding hydrogens is 135 g/mol. The third kappa shape index (κ3) is 5.28. The van der Waals surface area contributed by atoms with Gasteiger partial charge in [0.05, 0.1) is 6.33 Å². The molecule has 0 bridgehead atoms. The van der Waals surface area contributed by atoms with Crippen LogP contribution in [0.1, 0.15) is 19.8 Å². The standard InChI is InChI=1S/C7H11FO2/c1-6(4-5-8)2-3-7(9)10/h4-6H,2-3H2,1H3,(H,9,10)/b5-4+. The SMILES string of the molecule is CC(/C=C/F)CCC(=O)O. The Morgan fingerprint density at radius 3 is 2.80 bits per heavy atom. The van der Waals surface area contributed by atoms with Crippen molar-refractivity contribution in [2.75, 3.05) is 0 Å². The molecule has 1 unspecified atom stereocenters. The van der Waals surface area contributed by atoms with Crippen LogP contribution in [-0.4, -0.2) is 11.1 Å². The summed E-state index contributed by atoms with van der Waals surface area (Å²) >= 11 is 0. The highest BCUT2D eigenvalue weighted by atomic mass is 19.1. The van der Waals surface area contributed by atoms with Crippen LogP contribution in [0.4, 0.5) is 4.39 Å². The molecule has 0 aliphatic carbocycles. The third-order valence-electron chi connectivity index (χ3n) is 1.21. The molecule has 0 spiro atoms. The van der Waals surface area contributed by atoms with E-state index in [0.29, 0.717) is 12.8 Å². The molecule has 0 saturated heterocycles. The van der Waals surface area contributed by atoms with Gasteiger partial charge in [-0.3, -0.25) is 4.79 Å². The maximum absolute atomic E-state index is 11.4. The molecule has 2 nitrogen and oxygen atoms in total. The highest BCUT2D eigenvalue weighted by Gasteiger charge is 2.00. The maximum atomic E-state index is 11.4. The lowest BCUT2D eigenvalue weighted by molar-refractivity contribution is -0.137. The van der Waals surface area contributed by atoms with Crippen LogP contribution in [0.5, 0.6) is 0 Å². The lowest BCUT2D eigenvalue weighted by atomic mass is 10.1. The molecular formula is C7H11FO2. The second-order valence-electron chi connectivity index (χ2n) is 2.23. The molecule has 1 N–H and O–H groups in total. The lowest BCUT2D eigenvalue weighted by Gasteiger charge is -2.00. The van der Waals surface area contributed by atoms with E-state index in [9.17, 15) is 9.18 Å². The molecule has 0 amide bonds. The second kappa shape index (κ2) is 4.97. The molecule has 0 radical (unpaired) electrons. The Kier molecular flexibility index (Phi) is 4.54. The Morgan fingerprint density at radius 1 is 1.80 bits per heavy atom. The van der Waals surface area contributed by atoms with Gasteiger partial charge in [-0.2, -0.15) is 0 Å². The topological polar surface area (TPSA) is 37.3 Å². The molecule has 0 heterocycles. The zero-order valence-corrected chi connectivity index (χ0v) is 5.88. The average molecular weight is 146 g/mol. The lowest BCUT2D eigenvalue weighted by Crippen LogP contribution is -1.98. The Balaban J connectivity index is 3.39. The second-order valence-corrected chi connectivity index (χ2v) is 2.23. The summed E-state index contributed by atoms with van der Waals surface area (Å²) in [4.78, 5) is 9.99. The van der Waals surface area contributed by atoms with Crippen molar-refractivity contribution in [3.05, 3.63) is 12.4 Å². The van der Waals surface area contributed by atoms with Gasteiger partial charge in [-0.05, 0) is 12.3 Å². The molecule has 0 aliphatic heterocycles. The van der Waals surface area contributed by atoms with Gasteiger partial charge >= 0.3 is 5.97 Å². The number of allylic oxidation sites excluding steroid dienone is 1. The number of aliphatic carboxylic acids is 1. The van der Waals surface area contributed by atoms with E-state index < -0.39 is 5.97 Å². The Bertz CT molecular complexity index is 132. The number of carboxylic acids is 1. The minimum atomic E-state index is -0.834. The summed E-state index contributed by atoms with van der Waals surface area (Å²) < 4.78 is 11.4. The van der Waals surface area contributed by atoms with Crippen LogP contribution >= 0.6 is 0 Å². The van der Waals surface area contributed by atoms with Crippen molar-refractivity contribution in [2.45, 2.75) is 19.8 Å².